The first-order chi connectivity index (χ1) is 15.7. The van der Waals surface area contributed by atoms with E-state index in [0.717, 1.165) is 0 Å². The van der Waals surface area contributed by atoms with Gasteiger partial charge in [-0.3, -0.25) is 0 Å². The third kappa shape index (κ3) is 4.59. The molecule has 2 aromatic heterocycles. The van der Waals surface area contributed by atoms with E-state index in [0.29, 0.717) is 35.2 Å². The number of aliphatic hydroxyl groups excluding tert-OH is 2. The van der Waals surface area contributed by atoms with E-state index in [1.807, 2.05) is 0 Å². The normalized spacial score (nSPS) is 23.2. The number of rotatable bonds is 7. The first-order valence-corrected chi connectivity index (χ1v) is 10.3. The minimum Gasteiger partial charge on any atom is -0.436 e. The molecular weight excluding hydrogens is 443 g/mol. The number of nitrogens with zero attached hydrogens (tertiary/aromatic N) is 3. The third-order valence-corrected chi connectivity index (χ3v) is 5.78. The molecule has 0 spiro atoms. The second-order valence-electron chi connectivity index (χ2n) is 7.96. The molecule has 12 heteroatoms. The van der Waals surface area contributed by atoms with Gasteiger partial charge in [-0.2, -0.15) is 18.2 Å². The number of fused-ring (bicyclic) bond motifs is 1. The molecule has 3 atom stereocenters. The van der Waals surface area contributed by atoms with Crippen molar-refractivity contribution >= 4 is 22.9 Å². The number of oxazole rings is 1. The van der Waals surface area contributed by atoms with Gasteiger partial charge in [0.2, 0.25) is 11.8 Å². The molecule has 0 radical (unpaired) electrons. The zero-order valence-corrected chi connectivity index (χ0v) is 18.0. The summed E-state index contributed by atoms with van der Waals surface area (Å²) >= 11 is 0. The minimum absolute atomic E-state index is 0.0817. The zero-order valence-electron chi connectivity index (χ0n) is 18.0. The Balaban J connectivity index is 1.80. The summed E-state index contributed by atoms with van der Waals surface area (Å²) in [5.74, 6) is -0.449. The van der Waals surface area contributed by atoms with Crippen LogP contribution in [0.5, 0.6) is 0 Å². The summed E-state index contributed by atoms with van der Waals surface area (Å²) < 4.78 is 49.7. The average Bonchev–Trinajstić information content (AvgIpc) is 3.33. The highest BCUT2D eigenvalue weighted by Gasteiger charge is 2.49. The number of methoxy groups -OCH3 is 1. The average molecular weight is 467 g/mol. The third-order valence-electron chi connectivity index (χ3n) is 5.78. The number of hydrogen-bond donors (Lipinski definition) is 4. The molecule has 1 aliphatic rings. The lowest BCUT2D eigenvalue weighted by molar-refractivity contribution is -0.115. The van der Waals surface area contributed by atoms with Crippen LogP contribution in [0, 0.1) is 12.8 Å². The Kier molecular flexibility index (Phi) is 6.16. The molecule has 0 bridgehead atoms. The molecule has 4 N–H and O–H groups in total. The Morgan fingerprint density at radius 1 is 1.24 bits per heavy atom. The SMILES string of the molecule is CO[C@]1(Nc2nc(NCC(F)(F)F)nc(C)c2-c2nc3ccccc3o2)CC[C@H](CO)[C@H]1O. The van der Waals surface area contributed by atoms with Gasteiger partial charge in [-0.15, -0.1) is 0 Å². The summed E-state index contributed by atoms with van der Waals surface area (Å²) in [7, 11) is 1.39. The van der Waals surface area contributed by atoms with Crippen LogP contribution in [0.1, 0.15) is 18.5 Å². The summed E-state index contributed by atoms with van der Waals surface area (Å²) in [6, 6.07) is 7.07. The molecule has 0 aliphatic heterocycles. The number of aromatic nitrogens is 3. The first-order valence-electron chi connectivity index (χ1n) is 10.3. The fraction of sp³-hybridized carbons (Fsp3) is 0.476. The van der Waals surface area contributed by atoms with Gasteiger partial charge in [0, 0.05) is 19.6 Å². The standard InChI is InChI=1S/C21H24F3N5O4/c1-11-15(18-27-13-5-3-4-6-14(13)33-18)17(28-19(26-11)25-10-21(22,23)24)29-20(32-2)8-7-12(9-30)16(20)31/h3-6,12,16,30-31H,7-10H2,1-2H3,(H2,25,26,28,29)/t12-,16-,20-/m1/s1. The fourth-order valence-electron chi connectivity index (χ4n) is 4.05. The molecule has 0 amide bonds. The van der Waals surface area contributed by atoms with E-state index in [9.17, 15) is 23.4 Å². The van der Waals surface area contributed by atoms with Crippen molar-refractivity contribution in [3.8, 4) is 11.5 Å². The van der Waals surface area contributed by atoms with Crippen LogP contribution in [0.2, 0.25) is 0 Å². The maximum Gasteiger partial charge on any atom is 0.405 e. The number of hydrogen-bond acceptors (Lipinski definition) is 9. The number of nitrogens with one attached hydrogen (secondary N) is 2. The maximum absolute atomic E-state index is 12.7. The molecule has 1 aromatic carbocycles. The highest BCUT2D eigenvalue weighted by molar-refractivity contribution is 5.80. The Morgan fingerprint density at radius 3 is 2.64 bits per heavy atom. The molecule has 0 unspecified atom stereocenters. The van der Waals surface area contributed by atoms with Gasteiger partial charge in [-0.25, -0.2) is 9.97 Å². The van der Waals surface area contributed by atoms with Crippen molar-refractivity contribution in [2.24, 2.45) is 5.92 Å². The summed E-state index contributed by atoms with van der Waals surface area (Å²) in [6.45, 7) is 0.0305. The number of aryl methyl sites for hydroxylation is 1. The fourth-order valence-corrected chi connectivity index (χ4v) is 4.05. The summed E-state index contributed by atoms with van der Waals surface area (Å²) in [5, 5.41) is 25.6. The van der Waals surface area contributed by atoms with Crippen molar-refractivity contribution in [2.45, 2.75) is 37.8 Å². The minimum atomic E-state index is -4.46. The Morgan fingerprint density at radius 2 is 2.00 bits per heavy atom. The molecule has 33 heavy (non-hydrogen) atoms. The number of anilines is 2. The number of halogens is 3. The van der Waals surface area contributed by atoms with Gasteiger partial charge in [0.1, 0.15) is 29.5 Å². The highest BCUT2D eigenvalue weighted by atomic mass is 19.4. The van der Waals surface area contributed by atoms with Crippen LogP contribution in [0.15, 0.2) is 28.7 Å². The van der Waals surface area contributed by atoms with Crippen LogP contribution in [-0.4, -0.2) is 63.4 Å². The number of ether oxygens (including phenoxy) is 1. The van der Waals surface area contributed by atoms with Gasteiger partial charge < -0.3 is 30.0 Å². The van der Waals surface area contributed by atoms with Gasteiger partial charge in [-0.05, 0) is 31.9 Å². The quantitative estimate of drug-likeness (QED) is 0.388. The lowest BCUT2D eigenvalue weighted by atomic mass is 10.0. The molecule has 1 aliphatic carbocycles. The van der Waals surface area contributed by atoms with E-state index < -0.39 is 30.5 Å². The Hall–Kier alpha value is -2.96. The molecule has 4 rings (SSSR count). The number of alkyl halides is 3. The lowest BCUT2D eigenvalue weighted by Gasteiger charge is -2.34. The van der Waals surface area contributed by atoms with Gasteiger partial charge in [0.05, 0.1) is 5.69 Å². The lowest BCUT2D eigenvalue weighted by Crippen LogP contribution is -2.49. The molecule has 9 nitrogen and oxygen atoms in total. The van der Waals surface area contributed by atoms with Crippen molar-refractivity contribution in [1.29, 1.82) is 0 Å². The molecular formula is C21H24F3N5O4. The highest BCUT2D eigenvalue weighted by Crippen LogP contribution is 2.41. The van der Waals surface area contributed by atoms with Crippen LogP contribution >= 0.6 is 0 Å². The van der Waals surface area contributed by atoms with Crippen LogP contribution in [0.4, 0.5) is 24.9 Å². The van der Waals surface area contributed by atoms with Gasteiger partial charge in [0.15, 0.2) is 11.3 Å². The largest absolute Gasteiger partial charge is 0.436 e. The number of para-hydroxylation sites is 2. The van der Waals surface area contributed by atoms with Crippen LogP contribution in [0.25, 0.3) is 22.6 Å². The van der Waals surface area contributed by atoms with E-state index in [-0.39, 0.29) is 24.3 Å². The van der Waals surface area contributed by atoms with Crippen molar-refractivity contribution in [3.05, 3.63) is 30.0 Å². The maximum atomic E-state index is 12.7. The van der Waals surface area contributed by atoms with Gasteiger partial charge >= 0.3 is 6.18 Å². The molecule has 2 heterocycles. The smallest absolute Gasteiger partial charge is 0.405 e. The number of aliphatic hydroxyl groups is 2. The van der Waals surface area contributed by atoms with E-state index in [4.69, 9.17) is 9.15 Å². The van der Waals surface area contributed by atoms with E-state index in [1.165, 1.54) is 7.11 Å². The van der Waals surface area contributed by atoms with Crippen molar-refractivity contribution in [2.75, 3.05) is 30.9 Å². The second-order valence-corrected chi connectivity index (χ2v) is 7.96. The Labute approximate surface area is 187 Å². The molecule has 1 fully saturated rings. The van der Waals surface area contributed by atoms with E-state index in [1.54, 1.807) is 31.2 Å². The van der Waals surface area contributed by atoms with Crippen molar-refractivity contribution in [1.82, 2.24) is 15.0 Å². The predicted molar refractivity (Wildman–Crippen MR) is 113 cm³/mol. The predicted octanol–water partition coefficient (Wildman–Crippen LogP) is 3.09. The second kappa shape index (κ2) is 8.76. The molecule has 1 saturated carbocycles. The van der Waals surface area contributed by atoms with E-state index in [2.05, 4.69) is 25.6 Å². The van der Waals surface area contributed by atoms with Gasteiger partial charge in [0.25, 0.3) is 0 Å². The zero-order chi connectivity index (χ0) is 23.8. The van der Waals surface area contributed by atoms with Crippen molar-refractivity contribution < 1.29 is 32.5 Å². The van der Waals surface area contributed by atoms with Crippen LogP contribution < -0.4 is 10.6 Å². The summed E-state index contributed by atoms with van der Waals surface area (Å²) in [4.78, 5) is 12.9. The molecule has 3 aromatic rings. The van der Waals surface area contributed by atoms with Gasteiger partial charge in [-0.1, -0.05) is 12.1 Å². The topological polar surface area (TPSA) is 126 Å². The molecule has 0 saturated heterocycles. The summed E-state index contributed by atoms with van der Waals surface area (Å²) in [5.41, 5.74) is 0.400. The summed E-state index contributed by atoms with van der Waals surface area (Å²) in [6.07, 6.45) is -4.75. The van der Waals surface area contributed by atoms with Crippen molar-refractivity contribution in [3.63, 3.8) is 0 Å². The Bertz CT molecular complexity index is 1110. The first kappa shape index (κ1) is 23.2. The molecule has 178 valence electrons. The van der Waals surface area contributed by atoms with Crippen LogP contribution in [0.3, 0.4) is 0 Å². The number of benzene rings is 1. The van der Waals surface area contributed by atoms with Crippen LogP contribution in [-0.2, 0) is 4.74 Å². The van der Waals surface area contributed by atoms with E-state index >= 15 is 0 Å². The monoisotopic (exact) mass is 467 g/mol.